The fourth-order valence-corrected chi connectivity index (χ4v) is 2.78. The van der Waals surface area contributed by atoms with Crippen molar-refractivity contribution in [1.82, 2.24) is 5.32 Å². The SMILES string of the molecule is Clc1cc(Cl)c(N2CCNCC2)c(Cl)c1. The van der Waals surface area contributed by atoms with E-state index < -0.39 is 0 Å². The second-order valence-electron chi connectivity index (χ2n) is 3.46. The number of rotatable bonds is 1. The lowest BCUT2D eigenvalue weighted by atomic mass is 10.2. The van der Waals surface area contributed by atoms with E-state index in [0.717, 1.165) is 31.9 Å². The lowest BCUT2D eigenvalue weighted by Crippen LogP contribution is -2.43. The van der Waals surface area contributed by atoms with Gasteiger partial charge in [-0.05, 0) is 12.1 Å². The first-order valence-electron chi connectivity index (χ1n) is 4.78. The Morgan fingerprint density at radius 3 is 2.07 bits per heavy atom. The molecule has 1 fully saturated rings. The predicted molar refractivity (Wildman–Crippen MR) is 66.6 cm³/mol. The Labute approximate surface area is 104 Å². The molecule has 2 nitrogen and oxygen atoms in total. The highest BCUT2D eigenvalue weighted by atomic mass is 35.5. The zero-order valence-corrected chi connectivity index (χ0v) is 10.3. The zero-order valence-electron chi connectivity index (χ0n) is 8.06. The number of hydrogen-bond acceptors (Lipinski definition) is 2. The molecule has 0 unspecified atom stereocenters. The monoisotopic (exact) mass is 264 g/mol. The van der Waals surface area contributed by atoms with Crippen LogP contribution in [0.4, 0.5) is 5.69 Å². The topological polar surface area (TPSA) is 15.3 Å². The molecule has 1 aromatic rings. The third-order valence-corrected chi connectivity index (χ3v) is 3.21. The third-order valence-electron chi connectivity index (χ3n) is 2.41. The van der Waals surface area contributed by atoms with E-state index in [1.165, 1.54) is 0 Å². The average Bonchev–Trinajstić information content (AvgIpc) is 2.17. The Morgan fingerprint density at radius 2 is 1.53 bits per heavy atom. The summed E-state index contributed by atoms with van der Waals surface area (Å²) in [5.41, 5.74) is 0.893. The first-order chi connectivity index (χ1) is 7.18. The summed E-state index contributed by atoms with van der Waals surface area (Å²) in [5.74, 6) is 0. The van der Waals surface area contributed by atoms with Crippen molar-refractivity contribution in [2.24, 2.45) is 0 Å². The molecule has 0 amide bonds. The fraction of sp³-hybridized carbons (Fsp3) is 0.400. The summed E-state index contributed by atoms with van der Waals surface area (Å²) in [4.78, 5) is 2.18. The highest BCUT2D eigenvalue weighted by Crippen LogP contribution is 2.36. The van der Waals surface area contributed by atoms with Crippen molar-refractivity contribution >= 4 is 40.5 Å². The van der Waals surface area contributed by atoms with Crippen LogP contribution in [0.2, 0.25) is 15.1 Å². The summed E-state index contributed by atoms with van der Waals surface area (Å²) >= 11 is 18.1. The van der Waals surface area contributed by atoms with Gasteiger partial charge in [0.1, 0.15) is 0 Å². The number of nitrogens with one attached hydrogen (secondary N) is 1. The Morgan fingerprint density at radius 1 is 1.00 bits per heavy atom. The highest BCUT2D eigenvalue weighted by molar-refractivity contribution is 6.41. The lowest BCUT2D eigenvalue weighted by Gasteiger charge is -2.30. The van der Waals surface area contributed by atoms with E-state index in [0.29, 0.717) is 15.1 Å². The maximum absolute atomic E-state index is 6.14. The van der Waals surface area contributed by atoms with Gasteiger partial charge in [-0.2, -0.15) is 0 Å². The predicted octanol–water partition coefficient (Wildman–Crippen LogP) is 3.06. The molecule has 0 atom stereocenters. The van der Waals surface area contributed by atoms with Crippen molar-refractivity contribution in [3.63, 3.8) is 0 Å². The summed E-state index contributed by atoms with van der Waals surface area (Å²) in [6.07, 6.45) is 0. The summed E-state index contributed by atoms with van der Waals surface area (Å²) in [6, 6.07) is 3.46. The zero-order chi connectivity index (χ0) is 10.8. The minimum Gasteiger partial charge on any atom is -0.367 e. The molecule has 0 spiro atoms. The van der Waals surface area contributed by atoms with Gasteiger partial charge >= 0.3 is 0 Å². The van der Waals surface area contributed by atoms with Crippen molar-refractivity contribution in [3.05, 3.63) is 27.2 Å². The van der Waals surface area contributed by atoms with Crippen LogP contribution in [0.25, 0.3) is 0 Å². The lowest BCUT2D eigenvalue weighted by molar-refractivity contribution is 0.589. The van der Waals surface area contributed by atoms with Crippen molar-refractivity contribution in [3.8, 4) is 0 Å². The van der Waals surface area contributed by atoms with E-state index in [1.54, 1.807) is 12.1 Å². The van der Waals surface area contributed by atoms with Crippen LogP contribution in [-0.4, -0.2) is 26.2 Å². The average molecular weight is 266 g/mol. The first-order valence-corrected chi connectivity index (χ1v) is 5.92. The second-order valence-corrected chi connectivity index (χ2v) is 4.71. The molecule has 0 radical (unpaired) electrons. The smallest absolute Gasteiger partial charge is 0.0746 e. The maximum Gasteiger partial charge on any atom is 0.0746 e. The molecule has 0 bridgehead atoms. The fourth-order valence-electron chi connectivity index (χ4n) is 1.73. The molecule has 5 heteroatoms. The minimum absolute atomic E-state index is 0.573. The van der Waals surface area contributed by atoms with Crippen LogP contribution in [0.1, 0.15) is 0 Å². The quantitative estimate of drug-likeness (QED) is 0.839. The van der Waals surface area contributed by atoms with Gasteiger partial charge in [-0.25, -0.2) is 0 Å². The van der Waals surface area contributed by atoms with E-state index in [-0.39, 0.29) is 0 Å². The van der Waals surface area contributed by atoms with Crippen LogP contribution in [0.3, 0.4) is 0 Å². The molecule has 1 aromatic carbocycles. The second kappa shape index (κ2) is 4.79. The molecule has 2 rings (SSSR count). The molecule has 0 aromatic heterocycles. The van der Waals surface area contributed by atoms with Crippen LogP contribution in [-0.2, 0) is 0 Å². The Kier molecular flexibility index (Phi) is 3.62. The third kappa shape index (κ3) is 2.51. The molecule has 1 saturated heterocycles. The standard InChI is InChI=1S/C10H11Cl3N2/c11-7-5-8(12)10(9(13)6-7)15-3-1-14-2-4-15/h5-6,14H,1-4H2. The number of anilines is 1. The van der Waals surface area contributed by atoms with E-state index in [1.807, 2.05) is 0 Å². The molecule has 1 N–H and O–H groups in total. The number of hydrogen-bond donors (Lipinski definition) is 1. The first kappa shape index (κ1) is 11.3. The Hall–Kier alpha value is -0.150. The van der Waals surface area contributed by atoms with Crippen LogP contribution in [0, 0.1) is 0 Å². The molecule has 82 valence electrons. The normalized spacial score (nSPS) is 16.9. The largest absolute Gasteiger partial charge is 0.367 e. The van der Waals surface area contributed by atoms with Gasteiger partial charge in [-0.15, -0.1) is 0 Å². The van der Waals surface area contributed by atoms with Gasteiger partial charge < -0.3 is 10.2 Å². The number of benzene rings is 1. The van der Waals surface area contributed by atoms with Crippen molar-refractivity contribution < 1.29 is 0 Å². The van der Waals surface area contributed by atoms with E-state index in [4.69, 9.17) is 34.8 Å². The van der Waals surface area contributed by atoms with E-state index in [2.05, 4.69) is 10.2 Å². The molecule has 0 saturated carbocycles. The molecule has 1 aliphatic rings. The van der Waals surface area contributed by atoms with Crippen molar-refractivity contribution in [2.45, 2.75) is 0 Å². The van der Waals surface area contributed by atoms with Crippen LogP contribution in [0.5, 0.6) is 0 Å². The van der Waals surface area contributed by atoms with Gasteiger partial charge in [0.25, 0.3) is 0 Å². The summed E-state index contributed by atoms with van der Waals surface area (Å²) in [7, 11) is 0. The van der Waals surface area contributed by atoms with Gasteiger partial charge in [0.15, 0.2) is 0 Å². The Bertz CT molecular complexity index is 339. The molecular formula is C10H11Cl3N2. The summed E-state index contributed by atoms with van der Waals surface area (Å²) < 4.78 is 0. The summed E-state index contributed by atoms with van der Waals surface area (Å²) in [6.45, 7) is 3.74. The Balaban J connectivity index is 2.33. The van der Waals surface area contributed by atoms with Gasteiger partial charge in [0, 0.05) is 31.2 Å². The van der Waals surface area contributed by atoms with Gasteiger partial charge in [-0.3, -0.25) is 0 Å². The van der Waals surface area contributed by atoms with E-state index >= 15 is 0 Å². The molecule has 1 aliphatic heterocycles. The van der Waals surface area contributed by atoms with Crippen LogP contribution >= 0.6 is 34.8 Å². The van der Waals surface area contributed by atoms with Gasteiger partial charge in [0.05, 0.1) is 15.7 Å². The van der Waals surface area contributed by atoms with Gasteiger partial charge in [0.2, 0.25) is 0 Å². The van der Waals surface area contributed by atoms with E-state index in [9.17, 15) is 0 Å². The molecular weight excluding hydrogens is 254 g/mol. The highest BCUT2D eigenvalue weighted by Gasteiger charge is 2.17. The maximum atomic E-state index is 6.14. The van der Waals surface area contributed by atoms with Crippen LogP contribution in [0.15, 0.2) is 12.1 Å². The van der Waals surface area contributed by atoms with Crippen molar-refractivity contribution in [1.29, 1.82) is 0 Å². The van der Waals surface area contributed by atoms with Crippen LogP contribution < -0.4 is 10.2 Å². The van der Waals surface area contributed by atoms with Crippen molar-refractivity contribution in [2.75, 3.05) is 31.1 Å². The number of halogens is 3. The molecule has 15 heavy (non-hydrogen) atoms. The number of piperazine rings is 1. The number of nitrogens with zero attached hydrogens (tertiary/aromatic N) is 1. The van der Waals surface area contributed by atoms with Gasteiger partial charge in [-0.1, -0.05) is 34.8 Å². The minimum atomic E-state index is 0.573. The molecule has 1 heterocycles. The molecule has 0 aliphatic carbocycles. The summed E-state index contributed by atoms with van der Waals surface area (Å²) in [5, 5.41) is 5.09.